The second kappa shape index (κ2) is 4.59. The highest BCUT2D eigenvalue weighted by Gasteiger charge is 2.26. The van der Waals surface area contributed by atoms with Gasteiger partial charge in [-0.3, -0.25) is 4.79 Å². The summed E-state index contributed by atoms with van der Waals surface area (Å²) in [5.41, 5.74) is 9.75. The molecule has 0 spiro atoms. The Morgan fingerprint density at radius 3 is 2.90 bits per heavy atom. The molecule has 0 saturated carbocycles. The lowest BCUT2D eigenvalue weighted by atomic mass is 10.1. The Balaban J connectivity index is 1.96. The van der Waals surface area contributed by atoms with E-state index < -0.39 is 5.82 Å². The fourth-order valence-corrected chi connectivity index (χ4v) is 2.43. The van der Waals surface area contributed by atoms with E-state index in [1.165, 1.54) is 12.1 Å². The van der Waals surface area contributed by atoms with Crippen LogP contribution >= 0.6 is 0 Å². The van der Waals surface area contributed by atoms with Crippen LogP contribution in [0, 0.1) is 12.7 Å². The van der Waals surface area contributed by atoms with Crippen LogP contribution in [-0.4, -0.2) is 17.4 Å². The first-order chi connectivity index (χ1) is 9.56. The molecule has 1 aliphatic heterocycles. The lowest BCUT2D eigenvalue weighted by Crippen LogP contribution is -2.29. The molecule has 4 nitrogen and oxygen atoms in total. The van der Waals surface area contributed by atoms with Gasteiger partial charge in [-0.15, -0.1) is 0 Å². The molecule has 1 aromatic heterocycles. The van der Waals surface area contributed by atoms with Gasteiger partial charge in [0.1, 0.15) is 11.5 Å². The minimum atomic E-state index is -0.455. The molecule has 0 bridgehead atoms. The van der Waals surface area contributed by atoms with Gasteiger partial charge >= 0.3 is 0 Å². The summed E-state index contributed by atoms with van der Waals surface area (Å²) in [6.07, 6.45) is 1.84. The third-order valence-corrected chi connectivity index (χ3v) is 3.55. The van der Waals surface area contributed by atoms with Crippen molar-refractivity contribution < 1.29 is 9.18 Å². The SMILES string of the molecule is Cc1cc2c(cc1N)N(C(=O)c1ccc(F)cn1)CC2. The van der Waals surface area contributed by atoms with Crippen molar-refractivity contribution in [2.45, 2.75) is 13.3 Å². The van der Waals surface area contributed by atoms with Crippen LogP contribution in [0.4, 0.5) is 15.8 Å². The maximum atomic E-state index is 12.9. The molecule has 0 fully saturated rings. The highest BCUT2D eigenvalue weighted by Crippen LogP contribution is 2.32. The van der Waals surface area contributed by atoms with Crippen LogP contribution < -0.4 is 10.6 Å². The lowest BCUT2D eigenvalue weighted by molar-refractivity contribution is 0.0984. The second-order valence-electron chi connectivity index (χ2n) is 4.91. The predicted molar refractivity (Wildman–Crippen MR) is 75.2 cm³/mol. The Labute approximate surface area is 116 Å². The van der Waals surface area contributed by atoms with Gasteiger partial charge in [0, 0.05) is 17.9 Å². The zero-order valence-corrected chi connectivity index (χ0v) is 11.1. The van der Waals surface area contributed by atoms with Crippen LogP contribution in [0.5, 0.6) is 0 Å². The average Bonchev–Trinajstić information content (AvgIpc) is 2.82. The molecule has 1 amide bonds. The summed E-state index contributed by atoms with van der Waals surface area (Å²) in [5.74, 6) is -0.685. The van der Waals surface area contributed by atoms with Crippen molar-refractivity contribution in [3.05, 3.63) is 53.1 Å². The topological polar surface area (TPSA) is 59.2 Å². The number of amides is 1. The van der Waals surface area contributed by atoms with Crippen molar-refractivity contribution in [3.63, 3.8) is 0 Å². The Kier molecular flexibility index (Phi) is 2.89. The van der Waals surface area contributed by atoms with Crippen LogP contribution in [0.25, 0.3) is 0 Å². The molecule has 3 rings (SSSR count). The van der Waals surface area contributed by atoms with E-state index >= 15 is 0 Å². The number of aryl methyl sites for hydroxylation is 1. The van der Waals surface area contributed by atoms with E-state index in [0.29, 0.717) is 12.2 Å². The van der Waals surface area contributed by atoms with Gasteiger partial charge in [-0.25, -0.2) is 9.37 Å². The fraction of sp³-hybridized carbons (Fsp3) is 0.200. The number of aromatic nitrogens is 1. The molecule has 0 atom stereocenters. The van der Waals surface area contributed by atoms with Gasteiger partial charge in [-0.1, -0.05) is 6.07 Å². The largest absolute Gasteiger partial charge is 0.398 e. The van der Waals surface area contributed by atoms with Crippen LogP contribution in [0.15, 0.2) is 30.5 Å². The van der Waals surface area contributed by atoms with Crippen molar-refractivity contribution in [1.29, 1.82) is 0 Å². The van der Waals surface area contributed by atoms with Gasteiger partial charge in [-0.05, 0) is 42.7 Å². The summed E-state index contributed by atoms with van der Waals surface area (Å²) in [7, 11) is 0. The smallest absolute Gasteiger partial charge is 0.276 e. The molecule has 0 saturated heterocycles. The van der Waals surface area contributed by atoms with Crippen LogP contribution in [0.3, 0.4) is 0 Å². The van der Waals surface area contributed by atoms with E-state index in [-0.39, 0.29) is 11.6 Å². The predicted octanol–water partition coefficient (Wildman–Crippen LogP) is 2.31. The summed E-state index contributed by atoms with van der Waals surface area (Å²) in [5, 5.41) is 0. The summed E-state index contributed by atoms with van der Waals surface area (Å²) in [4.78, 5) is 17.9. The van der Waals surface area contributed by atoms with Gasteiger partial charge in [0.2, 0.25) is 0 Å². The summed E-state index contributed by atoms with van der Waals surface area (Å²) < 4.78 is 12.9. The number of nitrogens with two attached hydrogens (primary N) is 1. The summed E-state index contributed by atoms with van der Waals surface area (Å²) >= 11 is 0. The molecule has 0 aliphatic carbocycles. The first-order valence-corrected chi connectivity index (χ1v) is 6.38. The number of anilines is 2. The van der Waals surface area contributed by atoms with Crippen molar-refractivity contribution in [2.75, 3.05) is 17.2 Å². The lowest BCUT2D eigenvalue weighted by Gasteiger charge is -2.17. The Bertz CT molecular complexity index is 682. The molecule has 0 unspecified atom stereocenters. The first-order valence-electron chi connectivity index (χ1n) is 6.38. The molecule has 1 aliphatic rings. The standard InChI is InChI=1S/C15H14FN3O/c1-9-6-10-4-5-19(14(10)7-12(9)17)15(20)13-3-2-11(16)8-18-13/h2-3,6-8H,4-5,17H2,1H3. The number of fused-ring (bicyclic) bond motifs is 1. The van der Waals surface area contributed by atoms with E-state index in [9.17, 15) is 9.18 Å². The van der Waals surface area contributed by atoms with Gasteiger partial charge in [0.15, 0.2) is 0 Å². The number of carbonyl (C=O) groups excluding carboxylic acids is 1. The average molecular weight is 271 g/mol. The Morgan fingerprint density at radius 2 is 2.20 bits per heavy atom. The number of nitrogens with zero attached hydrogens (tertiary/aromatic N) is 2. The minimum Gasteiger partial charge on any atom is -0.398 e. The molecular formula is C15H14FN3O. The highest BCUT2D eigenvalue weighted by atomic mass is 19.1. The normalized spacial score (nSPS) is 13.4. The molecule has 1 aromatic carbocycles. The summed E-state index contributed by atoms with van der Waals surface area (Å²) in [6, 6.07) is 6.46. The zero-order valence-electron chi connectivity index (χ0n) is 11.1. The second-order valence-corrected chi connectivity index (χ2v) is 4.91. The van der Waals surface area contributed by atoms with Gasteiger partial charge in [-0.2, -0.15) is 0 Å². The number of hydrogen-bond acceptors (Lipinski definition) is 3. The zero-order chi connectivity index (χ0) is 14.3. The maximum absolute atomic E-state index is 12.9. The van der Waals surface area contributed by atoms with Crippen molar-refractivity contribution in [2.24, 2.45) is 0 Å². The quantitative estimate of drug-likeness (QED) is 0.810. The van der Waals surface area contributed by atoms with E-state index in [1.54, 1.807) is 4.90 Å². The highest BCUT2D eigenvalue weighted by molar-refractivity contribution is 6.06. The van der Waals surface area contributed by atoms with Gasteiger partial charge < -0.3 is 10.6 Å². The number of carbonyl (C=O) groups is 1. The fourth-order valence-electron chi connectivity index (χ4n) is 2.43. The monoisotopic (exact) mass is 271 g/mol. The van der Waals surface area contributed by atoms with Crippen LogP contribution in [0.2, 0.25) is 0 Å². The molecule has 102 valence electrons. The van der Waals surface area contributed by atoms with Crippen LogP contribution in [-0.2, 0) is 6.42 Å². The molecule has 0 radical (unpaired) electrons. The number of rotatable bonds is 1. The number of pyridine rings is 1. The molecule has 2 heterocycles. The van der Waals surface area contributed by atoms with E-state index in [1.807, 2.05) is 19.1 Å². The Hall–Kier alpha value is -2.43. The van der Waals surface area contributed by atoms with E-state index in [0.717, 1.165) is 29.4 Å². The number of benzene rings is 1. The van der Waals surface area contributed by atoms with Crippen molar-refractivity contribution in [3.8, 4) is 0 Å². The van der Waals surface area contributed by atoms with Crippen LogP contribution in [0.1, 0.15) is 21.6 Å². The van der Waals surface area contributed by atoms with Crippen molar-refractivity contribution >= 4 is 17.3 Å². The van der Waals surface area contributed by atoms with Gasteiger partial charge in [0.25, 0.3) is 5.91 Å². The first kappa shape index (κ1) is 12.6. The third-order valence-electron chi connectivity index (χ3n) is 3.55. The molecule has 20 heavy (non-hydrogen) atoms. The maximum Gasteiger partial charge on any atom is 0.276 e. The molecule has 2 aromatic rings. The minimum absolute atomic E-state index is 0.230. The Morgan fingerprint density at radius 1 is 1.40 bits per heavy atom. The molecule has 2 N–H and O–H groups in total. The summed E-state index contributed by atoms with van der Waals surface area (Å²) in [6.45, 7) is 2.54. The van der Waals surface area contributed by atoms with Gasteiger partial charge in [0.05, 0.1) is 6.20 Å². The van der Waals surface area contributed by atoms with E-state index in [2.05, 4.69) is 4.98 Å². The third kappa shape index (κ3) is 2.01. The number of halogens is 1. The number of hydrogen-bond donors (Lipinski definition) is 1. The molecular weight excluding hydrogens is 257 g/mol. The number of nitrogen functional groups attached to an aromatic ring is 1. The molecule has 5 heteroatoms. The van der Waals surface area contributed by atoms with Crippen molar-refractivity contribution in [1.82, 2.24) is 4.98 Å². The van der Waals surface area contributed by atoms with E-state index in [4.69, 9.17) is 5.73 Å².